The van der Waals surface area contributed by atoms with E-state index in [4.69, 9.17) is 9.47 Å². The van der Waals surface area contributed by atoms with Crippen molar-refractivity contribution in [1.82, 2.24) is 9.80 Å². The van der Waals surface area contributed by atoms with Gasteiger partial charge < -0.3 is 24.4 Å². The van der Waals surface area contributed by atoms with Gasteiger partial charge in [-0.3, -0.25) is 9.59 Å². The summed E-state index contributed by atoms with van der Waals surface area (Å²) in [5, 5.41) is 11.0. The number of methoxy groups -OCH3 is 2. The number of nitrogens with zero attached hydrogens (tertiary/aromatic N) is 2. The van der Waals surface area contributed by atoms with Crippen molar-refractivity contribution >= 4 is 17.4 Å². The zero-order valence-electron chi connectivity index (χ0n) is 17.6. The highest BCUT2D eigenvalue weighted by molar-refractivity contribution is 6.46. The first-order valence-electron chi connectivity index (χ1n) is 9.60. The van der Waals surface area contributed by atoms with Crippen molar-refractivity contribution in [3.05, 3.63) is 65.2 Å². The molecule has 0 spiro atoms. The molecule has 0 saturated carbocycles. The molecule has 1 aliphatic heterocycles. The van der Waals surface area contributed by atoms with Crippen LogP contribution in [0.15, 0.2) is 54.1 Å². The van der Waals surface area contributed by atoms with E-state index in [0.717, 1.165) is 0 Å². The van der Waals surface area contributed by atoms with Crippen molar-refractivity contribution in [1.29, 1.82) is 0 Å². The third-order valence-corrected chi connectivity index (χ3v) is 5.10. The Kier molecular flexibility index (Phi) is 6.42. The number of amides is 1. The molecular formula is C23H26N2O5. The molecule has 1 amide bonds. The molecule has 0 radical (unpaired) electrons. The van der Waals surface area contributed by atoms with Crippen molar-refractivity contribution in [2.24, 2.45) is 0 Å². The van der Waals surface area contributed by atoms with Gasteiger partial charge in [0.05, 0.1) is 25.8 Å². The molecule has 158 valence electrons. The number of ketones is 1. The zero-order chi connectivity index (χ0) is 21.8. The maximum atomic E-state index is 13.0. The van der Waals surface area contributed by atoms with E-state index in [-0.39, 0.29) is 11.3 Å². The maximum Gasteiger partial charge on any atom is 0.295 e. The second kappa shape index (κ2) is 9.00. The predicted molar refractivity (Wildman–Crippen MR) is 114 cm³/mol. The van der Waals surface area contributed by atoms with Crippen LogP contribution in [0.1, 0.15) is 17.2 Å². The van der Waals surface area contributed by atoms with Gasteiger partial charge in [0.15, 0.2) is 11.5 Å². The van der Waals surface area contributed by atoms with Gasteiger partial charge in [-0.2, -0.15) is 0 Å². The van der Waals surface area contributed by atoms with Crippen LogP contribution in [0.3, 0.4) is 0 Å². The van der Waals surface area contributed by atoms with E-state index in [2.05, 4.69) is 0 Å². The van der Waals surface area contributed by atoms with Crippen LogP contribution in [-0.4, -0.2) is 68.0 Å². The molecule has 0 unspecified atom stereocenters. The number of rotatable bonds is 7. The molecule has 7 nitrogen and oxygen atoms in total. The minimum Gasteiger partial charge on any atom is -0.507 e. The quantitative estimate of drug-likeness (QED) is 0.430. The number of Topliss-reactive ketones (excluding diaryl/α,β-unsaturated/α-hetero) is 1. The number of hydrogen-bond donors (Lipinski definition) is 1. The van der Waals surface area contributed by atoms with Crippen molar-refractivity contribution in [2.45, 2.75) is 6.04 Å². The maximum absolute atomic E-state index is 13.0. The summed E-state index contributed by atoms with van der Waals surface area (Å²) >= 11 is 0. The van der Waals surface area contributed by atoms with Gasteiger partial charge in [0.25, 0.3) is 11.7 Å². The SMILES string of the molecule is COc1cccc([C@@H]2C(=C(O)c3ccccc3)C(=O)C(=O)N2CCN(C)C)c1OC. The van der Waals surface area contributed by atoms with Crippen molar-refractivity contribution in [3.8, 4) is 11.5 Å². The lowest BCUT2D eigenvalue weighted by atomic mass is 9.94. The number of benzene rings is 2. The van der Waals surface area contributed by atoms with E-state index in [1.54, 1.807) is 42.5 Å². The highest BCUT2D eigenvalue weighted by Crippen LogP contribution is 2.45. The smallest absolute Gasteiger partial charge is 0.295 e. The van der Waals surface area contributed by atoms with E-state index < -0.39 is 17.7 Å². The molecule has 1 aliphatic rings. The average molecular weight is 410 g/mol. The fourth-order valence-corrected chi connectivity index (χ4v) is 3.62. The number of ether oxygens (including phenoxy) is 2. The Morgan fingerprint density at radius 1 is 1.03 bits per heavy atom. The number of hydrogen-bond acceptors (Lipinski definition) is 6. The topological polar surface area (TPSA) is 79.3 Å². The molecule has 2 aromatic carbocycles. The third-order valence-electron chi connectivity index (χ3n) is 5.10. The molecule has 7 heteroatoms. The van der Waals surface area contributed by atoms with E-state index in [1.807, 2.05) is 25.1 Å². The first-order valence-corrected chi connectivity index (χ1v) is 9.60. The van der Waals surface area contributed by atoms with Crippen LogP contribution >= 0.6 is 0 Å². The highest BCUT2D eigenvalue weighted by atomic mass is 16.5. The number of likely N-dealkylation sites (N-methyl/N-ethyl adjacent to an activating group) is 1. The summed E-state index contributed by atoms with van der Waals surface area (Å²) in [6.45, 7) is 0.870. The van der Waals surface area contributed by atoms with Crippen molar-refractivity contribution < 1.29 is 24.2 Å². The van der Waals surface area contributed by atoms with Crippen molar-refractivity contribution in [2.75, 3.05) is 41.4 Å². The Morgan fingerprint density at radius 2 is 1.73 bits per heavy atom. The summed E-state index contributed by atoms with van der Waals surface area (Å²) in [5.74, 6) is -0.681. The third kappa shape index (κ3) is 3.89. The Bertz CT molecular complexity index is 969. The summed E-state index contributed by atoms with van der Waals surface area (Å²) in [4.78, 5) is 29.4. The number of likely N-dealkylation sites (tertiary alicyclic amines) is 1. The lowest BCUT2D eigenvalue weighted by Gasteiger charge is -2.28. The second-order valence-corrected chi connectivity index (χ2v) is 7.24. The van der Waals surface area contributed by atoms with Gasteiger partial charge in [-0.15, -0.1) is 0 Å². The van der Waals surface area contributed by atoms with Crippen LogP contribution in [0.5, 0.6) is 11.5 Å². The first kappa shape index (κ1) is 21.4. The summed E-state index contributed by atoms with van der Waals surface area (Å²) in [6.07, 6.45) is 0. The zero-order valence-corrected chi connectivity index (χ0v) is 17.6. The standard InChI is InChI=1S/C23H26N2O5/c1-24(2)13-14-25-19(16-11-8-12-17(29-3)22(16)30-4)18(21(27)23(25)28)20(26)15-9-6-5-7-10-15/h5-12,19,26H,13-14H2,1-4H3/t19-/m1/s1. The Morgan fingerprint density at radius 3 is 2.33 bits per heavy atom. The van der Waals surface area contributed by atoms with Crippen LogP contribution in [0.4, 0.5) is 0 Å². The monoisotopic (exact) mass is 410 g/mol. The molecule has 1 heterocycles. The van der Waals surface area contributed by atoms with E-state index in [9.17, 15) is 14.7 Å². The Balaban J connectivity index is 2.23. The number of aliphatic hydroxyl groups is 1. The van der Waals surface area contributed by atoms with Gasteiger partial charge in [-0.05, 0) is 20.2 Å². The lowest BCUT2D eigenvalue weighted by Crippen LogP contribution is -2.35. The molecule has 1 atom stereocenters. The largest absolute Gasteiger partial charge is 0.507 e. The van der Waals surface area contributed by atoms with E-state index >= 15 is 0 Å². The molecule has 30 heavy (non-hydrogen) atoms. The molecule has 1 N–H and O–H groups in total. The summed E-state index contributed by atoms with van der Waals surface area (Å²) in [5.41, 5.74) is 1.08. The highest BCUT2D eigenvalue weighted by Gasteiger charge is 2.47. The van der Waals surface area contributed by atoms with E-state index in [1.165, 1.54) is 19.1 Å². The minimum atomic E-state index is -0.796. The molecule has 0 aromatic heterocycles. The van der Waals surface area contributed by atoms with Gasteiger partial charge >= 0.3 is 0 Å². The normalized spacial score (nSPS) is 18.2. The predicted octanol–water partition coefficient (Wildman–Crippen LogP) is 2.69. The average Bonchev–Trinajstić information content (AvgIpc) is 3.01. The Hall–Kier alpha value is -3.32. The molecular weight excluding hydrogens is 384 g/mol. The molecule has 1 saturated heterocycles. The van der Waals surface area contributed by atoms with Gasteiger partial charge in [0.2, 0.25) is 0 Å². The summed E-state index contributed by atoms with van der Waals surface area (Å²) in [6, 6.07) is 13.2. The van der Waals surface area contributed by atoms with Crippen LogP contribution in [0.25, 0.3) is 5.76 Å². The number of carbonyl (C=O) groups is 2. The van der Waals surface area contributed by atoms with Gasteiger partial charge in [0, 0.05) is 24.2 Å². The fraction of sp³-hybridized carbons (Fsp3) is 0.304. The molecule has 0 aliphatic carbocycles. The number of carbonyl (C=O) groups excluding carboxylic acids is 2. The second-order valence-electron chi connectivity index (χ2n) is 7.24. The van der Waals surface area contributed by atoms with Crippen LogP contribution in [0, 0.1) is 0 Å². The van der Waals surface area contributed by atoms with Gasteiger partial charge in [0.1, 0.15) is 5.76 Å². The van der Waals surface area contributed by atoms with Gasteiger partial charge in [-0.25, -0.2) is 0 Å². The molecule has 3 rings (SSSR count). The molecule has 1 fully saturated rings. The number of para-hydroxylation sites is 1. The van der Waals surface area contributed by atoms with E-state index in [0.29, 0.717) is 35.7 Å². The molecule has 2 aromatic rings. The number of aliphatic hydroxyl groups excluding tert-OH is 1. The minimum absolute atomic E-state index is 0.0384. The van der Waals surface area contributed by atoms with Crippen LogP contribution < -0.4 is 9.47 Å². The lowest BCUT2D eigenvalue weighted by molar-refractivity contribution is -0.140. The Labute approximate surface area is 176 Å². The van der Waals surface area contributed by atoms with Crippen molar-refractivity contribution in [3.63, 3.8) is 0 Å². The van der Waals surface area contributed by atoms with Crippen LogP contribution in [-0.2, 0) is 9.59 Å². The van der Waals surface area contributed by atoms with Gasteiger partial charge in [-0.1, -0.05) is 42.5 Å². The summed E-state index contributed by atoms with van der Waals surface area (Å²) < 4.78 is 11.0. The first-order chi connectivity index (χ1) is 14.4. The fourth-order valence-electron chi connectivity index (χ4n) is 3.62. The summed E-state index contributed by atoms with van der Waals surface area (Å²) in [7, 11) is 6.81. The molecule has 0 bridgehead atoms. The van der Waals surface area contributed by atoms with Crippen LogP contribution in [0.2, 0.25) is 0 Å².